The SMILES string of the molecule is NC(=O)c1cc(F)cc2c1C(=O)N(C1CCN(C3CCC3)CC1)C21CC1. The summed E-state index contributed by atoms with van der Waals surface area (Å²) in [4.78, 5) is 29.6. The van der Waals surface area contributed by atoms with Crippen molar-refractivity contribution in [3.05, 3.63) is 34.6 Å². The van der Waals surface area contributed by atoms with Crippen LogP contribution in [0.25, 0.3) is 0 Å². The van der Waals surface area contributed by atoms with E-state index in [1.165, 1.54) is 25.3 Å². The summed E-state index contributed by atoms with van der Waals surface area (Å²) in [5, 5.41) is 0. The summed E-state index contributed by atoms with van der Waals surface area (Å²) < 4.78 is 14.1. The average Bonchev–Trinajstić information content (AvgIpc) is 3.31. The number of piperidine rings is 1. The van der Waals surface area contributed by atoms with Gasteiger partial charge in [0.1, 0.15) is 5.82 Å². The monoisotopic (exact) mass is 357 g/mol. The Labute approximate surface area is 152 Å². The number of carbonyl (C=O) groups excluding carboxylic acids is 2. The first-order valence-corrected chi connectivity index (χ1v) is 9.73. The molecule has 2 amide bonds. The first-order valence-electron chi connectivity index (χ1n) is 9.73. The summed E-state index contributed by atoms with van der Waals surface area (Å²) in [7, 11) is 0. The highest BCUT2D eigenvalue weighted by Gasteiger charge is 2.60. The van der Waals surface area contributed by atoms with Crippen LogP contribution in [-0.4, -0.2) is 46.8 Å². The number of halogens is 1. The first-order chi connectivity index (χ1) is 12.5. The predicted octanol–water partition coefficient (Wildman–Crippen LogP) is 2.39. The predicted molar refractivity (Wildman–Crippen MR) is 94.2 cm³/mol. The Kier molecular flexibility index (Phi) is 3.45. The van der Waals surface area contributed by atoms with Crippen LogP contribution in [0.4, 0.5) is 4.39 Å². The van der Waals surface area contributed by atoms with Gasteiger partial charge in [-0.25, -0.2) is 4.39 Å². The highest BCUT2D eigenvalue weighted by molar-refractivity contribution is 6.10. The van der Waals surface area contributed by atoms with Gasteiger partial charge in [-0.05, 0) is 56.2 Å². The molecular weight excluding hydrogens is 333 g/mol. The lowest BCUT2D eigenvalue weighted by Crippen LogP contribution is -2.52. The molecule has 138 valence electrons. The van der Waals surface area contributed by atoms with Crippen LogP contribution in [0.5, 0.6) is 0 Å². The molecule has 0 atom stereocenters. The maximum atomic E-state index is 14.1. The van der Waals surface area contributed by atoms with E-state index in [9.17, 15) is 14.0 Å². The summed E-state index contributed by atoms with van der Waals surface area (Å²) in [6.45, 7) is 2.03. The molecule has 1 aromatic carbocycles. The summed E-state index contributed by atoms with van der Waals surface area (Å²) in [5.41, 5.74) is 6.10. The number of likely N-dealkylation sites (tertiary alicyclic amines) is 1. The number of carbonyl (C=O) groups is 2. The number of benzene rings is 1. The summed E-state index contributed by atoms with van der Waals surface area (Å²) in [6, 6.07) is 3.44. The number of nitrogens with zero attached hydrogens (tertiary/aromatic N) is 2. The van der Waals surface area contributed by atoms with Crippen molar-refractivity contribution < 1.29 is 14.0 Å². The molecule has 5 rings (SSSR count). The van der Waals surface area contributed by atoms with Gasteiger partial charge in [-0.2, -0.15) is 0 Å². The van der Waals surface area contributed by atoms with Crippen molar-refractivity contribution in [3.63, 3.8) is 0 Å². The van der Waals surface area contributed by atoms with Crippen LogP contribution in [0.15, 0.2) is 12.1 Å². The van der Waals surface area contributed by atoms with E-state index < -0.39 is 17.3 Å². The fraction of sp³-hybridized carbons (Fsp3) is 0.600. The molecule has 2 aliphatic carbocycles. The van der Waals surface area contributed by atoms with Crippen molar-refractivity contribution in [2.24, 2.45) is 5.73 Å². The average molecular weight is 357 g/mol. The van der Waals surface area contributed by atoms with Gasteiger partial charge in [-0.3, -0.25) is 9.59 Å². The van der Waals surface area contributed by atoms with Crippen LogP contribution in [0.2, 0.25) is 0 Å². The lowest BCUT2D eigenvalue weighted by molar-refractivity contribution is 0.0308. The molecular formula is C20H24FN3O2. The van der Waals surface area contributed by atoms with Crippen LogP contribution in [0.1, 0.15) is 71.2 Å². The fourth-order valence-electron chi connectivity index (χ4n) is 5.25. The van der Waals surface area contributed by atoms with Gasteiger partial charge in [-0.15, -0.1) is 0 Å². The Balaban J connectivity index is 1.45. The van der Waals surface area contributed by atoms with Gasteiger partial charge in [0.15, 0.2) is 0 Å². The van der Waals surface area contributed by atoms with Crippen molar-refractivity contribution in [2.75, 3.05) is 13.1 Å². The highest BCUT2D eigenvalue weighted by atomic mass is 19.1. The number of primary amides is 1. The number of nitrogens with two attached hydrogens (primary N) is 1. The van der Waals surface area contributed by atoms with Crippen molar-refractivity contribution in [1.29, 1.82) is 0 Å². The van der Waals surface area contributed by atoms with E-state index in [1.54, 1.807) is 0 Å². The Morgan fingerprint density at radius 1 is 1.12 bits per heavy atom. The maximum absolute atomic E-state index is 14.1. The minimum atomic E-state index is -0.730. The lowest BCUT2D eigenvalue weighted by atomic mass is 9.89. The molecule has 0 unspecified atom stereocenters. The molecule has 6 heteroatoms. The second kappa shape index (κ2) is 5.52. The van der Waals surface area contributed by atoms with E-state index in [1.807, 2.05) is 4.90 Å². The van der Waals surface area contributed by atoms with Gasteiger partial charge in [0.05, 0.1) is 16.7 Å². The van der Waals surface area contributed by atoms with Crippen LogP contribution < -0.4 is 5.73 Å². The Morgan fingerprint density at radius 3 is 2.35 bits per heavy atom. The number of hydrogen-bond acceptors (Lipinski definition) is 3. The normalized spacial score (nSPS) is 25.4. The molecule has 2 aliphatic heterocycles. The molecule has 2 saturated carbocycles. The van der Waals surface area contributed by atoms with E-state index in [4.69, 9.17) is 5.73 Å². The van der Waals surface area contributed by atoms with Gasteiger partial charge < -0.3 is 15.5 Å². The molecule has 26 heavy (non-hydrogen) atoms. The molecule has 1 aromatic rings. The smallest absolute Gasteiger partial charge is 0.256 e. The molecule has 4 aliphatic rings. The van der Waals surface area contributed by atoms with Crippen LogP contribution >= 0.6 is 0 Å². The quantitative estimate of drug-likeness (QED) is 0.903. The summed E-state index contributed by atoms with van der Waals surface area (Å²) in [5.74, 6) is -1.35. The Bertz CT molecular complexity index is 792. The molecule has 0 bridgehead atoms. The highest BCUT2D eigenvalue weighted by Crippen LogP contribution is 2.58. The van der Waals surface area contributed by atoms with Crippen molar-refractivity contribution in [2.45, 2.75) is 62.6 Å². The van der Waals surface area contributed by atoms with E-state index in [0.29, 0.717) is 11.1 Å². The zero-order valence-corrected chi connectivity index (χ0v) is 14.8. The minimum absolute atomic E-state index is 0.0330. The lowest BCUT2D eigenvalue weighted by Gasteiger charge is -2.45. The van der Waals surface area contributed by atoms with Gasteiger partial charge in [0, 0.05) is 25.2 Å². The minimum Gasteiger partial charge on any atom is -0.366 e. The van der Waals surface area contributed by atoms with Gasteiger partial charge >= 0.3 is 0 Å². The molecule has 0 radical (unpaired) electrons. The van der Waals surface area contributed by atoms with Crippen LogP contribution in [0, 0.1) is 5.82 Å². The Hall–Kier alpha value is -1.95. The number of rotatable bonds is 3. The first kappa shape index (κ1) is 16.2. The zero-order valence-electron chi connectivity index (χ0n) is 14.8. The van der Waals surface area contributed by atoms with Gasteiger partial charge in [0.2, 0.25) is 5.91 Å². The fourth-order valence-corrected chi connectivity index (χ4v) is 5.25. The van der Waals surface area contributed by atoms with E-state index in [0.717, 1.165) is 50.9 Å². The largest absolute Gasteiger partial charge is 0.366 e. The van der Waals surface area contributed by atoms with E-state index in [-0.39, 0.29) is 17.5 Å². The summed E-state index contributed by atoms with van der Waals surface area (Å²) >= 11 is 0. The molecule has 3 fully saturated rings. The van der Waals surface area contributed by atoms with Crippen molar-refractivity contribution in [3.8, 4) is 0 Å². The van der Waals surface area contributed by atoms with Crippen LogP contribution in [-0.2, 0) is 5.54 Å². The van der Waals surface area contributed by atoms with Crippen molar-refractivity contribution >= 4 is 11.8 Å². The van der Waals surface area contributed by atoms with E-state index in [2.05, 4.69) is 4.90 Å². The number of amides is 2. The second-order valence-corrected chi connectivity index (χ2v) is 8.30. The molecule has 5 nitrogen and oxygen atoms in total. The van der Waals surface area contributed by atoms with Gasteiger partial charge in [0.25, 0.3) is 5.91 Å². The molecule has 1 saturated heterocycles. The molecule has 2 heterocycles. The zero-order chi connectivity index (χ0) is 18.1. The standard InChI is InChI=1S/C20H24FN3O2/c21-12-10-15(18(22)25)17-16(11-12)20(6-7-20)24(19(17)26)14-4-8-23(9-5-14)13-2-1-3-13/h10-11,13-14H,1-9H2,(H2,22,25). The van der Waals surface area contributed by atoms with Gasteiger partial charge in [-0.1, -0.05) is 6.42 Å². The third kappa shape index (κ3) is 2.17. The van der Waals surface area contributed by atoms with Crippen molar-refractivity contribution in [1.82, 2.24) is 9.80 Å². The topological polar surface area (TPSA) is 66.6 Å². The third-order valence-corrected chi connectivity index (χ3v) is 6.94. The molecule has 1 spiro atoms. The molecule has 2 N–H and O–H groups in total. The van der Waals surface area contributed by atoms with Crippen LogP contribution in [0.3, 0.4) is 0 Å². The van der Waals surface area contributed by atoms with E-state index >= 15 is 0 Å². The maximum Gasteiger partial charge on any atom is 0.256 e. The third-order valence-electron chi connectivity index (χ3n) is 6.94. The number of fused-ring (bicyclic) bond motifs is 2. The second-order valence-electron chi connectivity index (χ2n) is 8.30. The summed E-state index contributed by atoms with van der Waals surface area (Å²) in [6.07, 6.45) is 7.51. The molecule has 0 aromatic heterocycles. The Morgan fingerprint density at radius 2 is 1.81 bits per heavy atom. The number of hydrogen-bond donors (Lipinski definition) is 1.